The Morgan fingerprint density at radius 2 is 1.43 bits per heavy atom. The normalized spacial score (nSPS) is 12.4. The van der Waals surface area contributed by atoms with Crippen molar-refractivity contribution in [3.05, 3.63) is 48.6 Å². The van der Waals surface area contributed by atoms with Crippen LogP contribution in [-0.2, 0) is 4.79 Å². The Bertz CT molecular complexity index is 349. The van der Waals surface area contributed by atoms with Crippen molar-refractivity contribution in [3.63, 3.8) is 0 Å². The molecule has 2 heteroatoms. The number of carboxylic acid groups (broad SMARTS) is 1. The lowest BCUT2D eigenvalue weighted by Crippen LogP contribution is -1.92. The van der Waals surface area contributed by atoms with E-state index in [0.717, 1.165) is 32.1 Å². The molecule has 0 atom stereocenters. The molecule has 0 aromatic carbocycles. The van der Waals surface area contributed by atoms with Gasteiger partial charge in [0.1, 0.15) is 0 Å². The molecular weight excluding hydrogens is 260 g/mol. The highest BCUT2D eigenvalue weighted by Gasteiger charge is 1.93. The van der Waals surface area contributed by atoms with Gasteiger partial charge in [0.25, 0.3) is 0 Å². The lowest BCUT2D eigenvalue weighted by Gasteiger charge is -1.92. The molecule has 0 amide bonds. The predicted molar refractivity (Wildman–Crippen MR) is 91.4 cm³/mol. The van der Waals surface area contributed by atoms with E-state index in [1.54, 1.807) is 0 Å². The second kappa shape index (κ2) is 16.5. The highest BCUT2D eigenvalue weighted by molar-refractivity contribution is 5.66. The fourth-order valence-corrected chi connectivity index (χ4v) is 1.76. The standard InChI is InChI=1S/C19H30O2/c1-2-3-4-5-6-7-8-9-10-11-12-13-14-15-16-17-18-19(20)21/h5-6,8-9,11-14H,2-4,7,10,15-18H2,1H3,(H,20,21)/b6-5+,9-8+,12-11+,14-13+. The van der Waals surface area contributed by atoms with Crippen molar-refractivity contribution in [2.75, 3.05) is 0 Å². The van der Waals surface area contributed by atoms with Gasteiger partial charge in [0.2, 0.25) is 0 Å². The summed E-state index contributed by atoms with van der Waals surface area (Å²) < 4.78 is 0. The Kier molecular flexibility index (Phi) is 15.3. The lowest BCUT2D eigenvalue weighted by molar-refractivity contribution is -0.137. The maximum atomic E-state index is 10.3. The molecule has 1 N–H and O–H groups in total. The first-order valence-electron chi connectivity index (χ1n) is 8.10. The number of allylic oxidation sites excluding steroid dienone is 8. The number of carboxylic acids is 1. The fraction of sp³-hybridized carbons (Fsp3) is 0.526. The average molecular weight is 290 g/mol. The first-order valence-corrected chi connectivity index (χ1v) is 8.10. The summed E-state index contributed by atoms with van der Waals surface area (Å²) in [5.74, 6) is -0.703. The Morgan fingerprint density at radius 1 is 0.810 bits per heavy atom. The van der Waals surface area contributed by atoms with E-state index >= 15 is 0 Å². The molecule has 0 aliphatic heterocycles. The number of hydrogen-bond donors (Lipinski definition) is 1. The topological polar surface area (TPSA) is 37.3 Å². The van der Waals surface area contributed by atoms with Crippen LogP contribution in [0.2, 0.25) is 0 Å². The zero-order chi connectivity index (χ0) is 15.6. The number of carbonyl (C=O) groups is 1. The molecule has 0 aromatic heterocycles. The zero-order valence-corrected chi connectivity index (χ0v) is 13.3. The van der Waals surface area contributed by atoms with Crippen LogP contribution in [-0.4, -0.2) is 11.1 Å². The first kappa shape index (κ1) is 19.4. The molecule has 0 saturated carbocycles. The van der Waals surface area contributed by atoms with Crippen molar-refractivity contribution in [3.8, 4) is 0 Å². The summed E-state index contributed by atoms with van der Waals surface area (Å²) in [6, 6.07) is 0. The minimum Gasteiger partial charge on any atom is -0.481 e. The molecule has 0 bridgehead atoms. The van der Waals surface area contributed by atoms with Gasteiger partial charge in [-0.2, -0.15) is 0 Å². The largest absolute Gasteiger partial charge is 0.481 e. The van der Waals surface area contributed by atoms with Crippen molar-refractivity contribution in [2.24, 2.45) is 0 Å². The Balaban J connectivity index is 3.42. The first-order chi connectivity index (χ1) is 10.3. The quantitative estimate of drug-likeness (QED) is 0.263. The van der Waals surface area contributed by atoms with Gasteiger partial charge in [-0.3, -0.25) is 4.79 Å². The predicted octanol–water partition coefficient (Wildman–Crippen LogP) is 5.83. The minimum absolute atomic E-state index is 0.279. The molecule has 0 unspecified atom stereocenters. The third kappa shape index (κ3) is 18.4. The summed E-state index contributed by atoms with van der Waals surface area (Å²) in [7, 11) is 0. The van der Waals surface area contributed by atoms with Crippen molar-refractivity contribution in [1.29, 1.82) is 0 Å². The number of aliphatic carboxylic acids is 1. The molecule has 2 nitrogen and oxygen atoms in total. The molecule has 0 rings (SSSR count). The zero-order valence-electron chi connectivity index (χ0n) is 13.3. The van der Waals surface area contributed by atoms with E-state index in [1.165, 1.54) is 19.3 Å². The summed E-state index contributed by atoms with van der Waals surface area (Å²) in [6.45, 7) is 2.21. The van der Waals surface area contributed by atoms with Crippen molar-refractivity contribution < 1.29 is 9.90 Å². The second-order valence-electron chi connectivity index (χ2n) is 5.05. The van der Waals surface area contributed by atoms with Crippen LogP contribution in [0.1, 0.15) is 64.7 Å². The van der Waals surface area contributed by atoms with E-state index in [1.807, 2.05) is 6.08 Å². The van der Waals surface area contributed by atoms with E-state index in [2.05, 4.69) is 49.5 Å². The molecular formula is C19H30O2. The van der Waals surface area contributed by atoms with Gasteiger partial charge < -0.3 is 5.11 Å². The van der Waals surface area contributed by atoms with Crippen LogP contribution in [0, 0.1) is 0 Å². The second-order valence-corrected chi connectivity index (χ2v) is 5.05. The number of rotatable bonds is 13. The fourth-order valence-electron chi connectivity index (χ4n) is 1.76. The van der Waals surface area contributed by atoms with Gasteiger partial charge in [0, 0.05) is 6.42 Å². The molecule has 0 saturated heterocycles. The van der Waals surface area contributed by atoms with Crippen molar-refractivity contribution in [2.45, 2.75) is 64.7 Å². The van der Waals surface area contributed by atoms with E-state index < -0.39 is 5.97 Å². The summed E-state index contributed by atoms with van der Waals surface area (Å²) >= 11 is 0. The van der Waals surface area contributed by atoms with Crippen LogP contribution in [0.5, 0.6) is 0 Å². The monoisotopic (exact) mass is 290 g/mol. The third-order valence-electron chi connectivity index (χ3n) is 3.00. The molecule has 0 aliphatic rings. The van der Waals surface area contributed by atoms with Gasteiger partial charge in [0.05, 0.1) is 0 Å². The van der Waals surface area contributed by atoms with Crippen LogP contribution in [0.25, 0.3) is 0 Å². The van der Waals surface area contributed by atoms with Gasteiger partial charge in [0.15, 0.2) is 0 Å². The van der Waals surface area contributed by atoms with E-state index in [-0.39, 0.29) is 6.42 Å². The van der Waals surface area contributed by atoms with Gasteiger partial charge in [-0.15, -0.1) is 0 Å². The number of hydrogen-bond acceptors (Lipinski definition) is 1. The molecule has 21 heavy (non-hydrogen) atoms. The van der Waals surface area contributed by atoms with Crippen LogP contribution >= 0.6 is 0 Å². The van der Waals surface area contributed by atoms with Gasteiger partial charge in [-0.1, -0.05) is 68.4 Å². The van der Waals surface area contributed by atoms with Gasteiger partial charge in [-0.05, 0) is 38.5 Å². The summed E-state index contributed by atoms with van der Waals surface area (Å²) in [6.07, 6.45) is 25.9. The maximum Gasteiger partial charge on any atom is 0.303 e. The molecule has 118 valence electrons. The molecule has 0 heterocycles. The summed E-state index contributed by atoms with van der Waals surface area (Å²) in [5.41, 5.74) is 0. The minimum atomic E-state index is -0.703. The molecule has 0 aromatic rings. The summed E-state index contributed by atoms with van der Waals surface area (Å²) in [4.78, 5) is 10.3. The Morgan fingerprint density at radius 3 is 2.14 bits per heavy atom. The smallest absolute Gasteiger partial charge is 0.303 e. The molecule has 0 fully saturated rings. The lowest BCUT2D eigenvalue weighted by atomic mass is 10.2. The molecule has 0 aliphatic carbocycles. The van der Waals surface area contributed by atoms with Crippen LogP contribution in [0.3, 0.4) is 0 Å². The van der Waals surface area contributed by atoms with E-state index in [4.69, 9.17) is 5.11 Å². The van der Waals surface area contributed by atoms with Crippen molar-refractivity contribution >= 4 is 5.97 Å². The molecule has 0 spiro atoms. The van der Waals surface area contributed by atoms with Crippen LogP contribution < -0.4 is 0 Å². The SMILES string of the molecule is CCCC/C=C/C/C=C/C/C=C/C=C/CCCCC(=O)O. The average Bonchev–Trinajstić information content (AvgIpc) is 2.46. The van der Waals surface area contributed by atoms with Crippen molar-refractivity contribution in [1.82, 2.24) is 0 Å². The van der Waals surface area contributed by atoms with E-state index in [0.29, 0.717) is 0 Å². The molecule has 0 radical (unpaired) electrons. The number of unbranched alkanes of at least 4 members (excludes halogenated alkanes) is 4. The highest BCUT2D eigenvalue weighted by Crippen LogP contribution is 2.01. The Labute approximate surface area is 130 Å². The van der Waals surface area contributed by atoms with E-state index in [9.17, 15) is 4.79 Å². The maximum absolute atomic E-state index is 10.3. The highest BCUT2D eigenvalue weighted by atomic mass is 16.4. The van der Waals surface area contributed by atoms with Gasteiger partial charge in [-0.25, -0.2) is 0 Å². The van der Waals surface area contributed by atoms with Gasteiger partial charge >= 0.3 is 5.97 Å². The Hall–Kier alpha value is -1.57. The summed E-state index contributed by atoms with van der Waals surface area (Å²) in [5, 5.41) is 8.49. The van der Waals surface area contributed by atoms with Crippen LogP contribution in [0.15, 0.2) is 48.6 Å². The third-order valence-corrected chi connectivity index (χ3v) is 3.00. The van der Waals surface area contributed by atoms with Crippen LogP contribution in [0.4, 0.5) is 0 Å².